The normalized spacial score (nSPS) is 10.8. The zero-order valence-electron chi connectivity index (χ0n) is 13.7. The van der Waals surface area contributed by atoms with Crippen LogP contribution in [-0.4, -0.2) is 35.3 Å². The summed E-state index contributed by atoms with van der Waals surface area (Å²) < 4.78 is 6.39. The molecule has 0 saturated carbocycles. The van der Waals surface area contributed by atoms with Crippen LogP contribution >= 0.6 is 22.9 Å². The molecule has 3 aromatic rings. The number of fused-ring (bicyclic) bond motifs is 1. The number of hydrogen-bond acceptors (Lipinski definition) is 5. The summed E-state index contributed by atoms with van der Waals surface area (Å²) in [5.74, 6) is -0.788. The van der Waals surface area contributed by atoms with Crippen molar-refractivity contribution in [2.45, 2.75) is 13.5 Å². The van der Waals surface area contributed by atoms with Crippen molar-refractivity contribution in [3.63, 3.8) is 0 Å². The largest absolute Gasteiger partial charge is 0.468 e. The van der Waals surface area contributed by atoms with Gasteiger partial charge >= 0.3 is 5.97 Å². The van der Waals surface area contributed by atoms with Crippen LogP contribution in [-0.2, 0) is 16.1 Å². The summed E-state index contributed by atoms with van der Waals surface area (Å²) in [5.41, 5.74) is 1.92. The molecule has 2 heterocycles. The molecule has 2 aromatic heterocycles. The van der Waals surface area contributed by atoms with E-state index >= 15 is 0 Å². The van der Waals surface area contributed by atoms with Crippen LogP contribution in [0.25, 0.3) is 10.2 Å². The Kier molecular flexibility index (Phi) is 5.06. The van der Waals surface area contributed by atoms with Crippen LogP contribution < -0.4 is 5.32 Å². The number of esters is 1. The SMILES string of the molecule is COC(=O)CNC(=O)c1cc2c(C)nn(Cc3ccc(Cl)cc3)c2s1. The van der Waals surface area contributed by atoms with Gasteiger partial charge in [-0.3, -0.25) is 14.3 Å². The number of amides is 1. The first-order valence-corrected chi connectivity index (χ1v) is 8.74. The quantitative estimate of drug-likeness (QED) is 0.694. The van der Waals surface area contributed by atoms with Gasteiger partial charge in [-0.05, 0) is 30.7 Å². The third kappa shape index (κ3) is 3.83. The second-order valence-corrected chi connectivity index (χ2v) is 6.92. The summed E-state index contributed by atoms with van der Waals surface area (Å²) in [5, 5.41) is 8.71. The average molecular weight is 378 g/mol. The number of aryl methyl sites for hydroxylation is 1. The van der Waals surface area contributed by atoms with E-state index in [0.29, 0.717) is 16.4 Å². The minimum absolute atomic E-state index is 0.153. The maximum absolute atomic E-state index is 12.2. The van der Waals surface area contributed by atoms with Crippen molar-refractivity contribution < 1.29 is 14.3 Å². The number of benzene rings is 1. The highest BCUT2D eigenvalue weighted by Gasteiger charge is 2.17. The molecular weight excluding hydrogens is 362 g/mol. The molecule has 0 fully saturated rings. The van der Waals surface area contributed by atoms with Crippen molar-refractivity contribution in [2.24, 2.45) is 0 Å². The monoisotopic (exact) mass is 377 g/mol. The van der Waals surface area contributed by atoms with E-state index in [9.17, 15) is 9.59 Å². The van der Waals surface area contributed by atoms with Crippen LogP contribution in [0.15, 0.2) is 30.3 Å². The Morgan fingerprint density at radius 1 is 1.32 bits per heavy atom. The molecule has 8 heteroatoms. The molecule has 0 bridgehead atoms. The number of rotatable bonds is 5. The smallest absolute Gasteiger partial charge is 0.325 e. The van der Waals surface area contributed by atoms with E-state index < -0.39 is 5.97 Å². The lowest BCUT2D eigenvalue weighted by Crippen LogP contribution is -2.29. The van der Waals surface area contributed by atoms with Crippen LogP contribution in [0.2, 0.25) is 5.02 Å². The minimum Gasteiger partial charge on any atom is -0.468 e. The molecule has 0 radical (unpaired) electrons. The number of nitrogens with zero attached hydrogens (tertiary/aromatic N) is 2. The average Bonchev–Trinajstić information content (AvgIpc) is 3.16. The summed E-state index contributed by atoms with van der Waals surface area (Å²) in [7, 11) is 1.28. The highest BCUT2D eigenvalue weighted by Crippen LogP contribution is 2.29. The van der Waals surface area contributed by atoms with Gasteiger partial charge in [0.15, 0.2) is 0 Å². The number of carbonyl (C=O) groups excluding carboxylic acids is 2. The molecular formula is C17H16ClN3O3S. The number of carbonyl (C=O) groups is 2. The molecule has 3 rings (SSSR count). The molecule has 0 aliphatic rings. The summed E-state index contributed by atoms with van der Waals surface area (Å²) in [4.78, 5) is 24.8. The predicted octanol–water partition coefficient (Wildman–Crippen LogP) is 3.01. The number of ether oxygens (including phenoxy) is 1. The second kappa shape index (κ2) is 7.25. The molecule has 0 spiro atoms. The van der Waals surface area contributed by atoms with E-state index in [1.165, 1.54) is 18.4 Å². The predicted molar refractivity (Wildman–Crippen MR) is 97.3 cm³/mol. The van der Waals surface area contributed by atoms with Crippen LogP contribution in [0.5, 0.6) is 0 Å². The van der Waals surface area contributed by atoms with Crippen molar-refractivity contribution in [1.29, 1.82) is 0 Å². The van der Waals surface area contributed by atoms with Crippen molar-refractivity contribution in [1.82, 2.24) is 15.1 Å². The van der Waals surface area contributed by atoms with Gasteiger partial charge in [-0.25, -0.2) is 0 Å². The molecule has 25 heavy (non-hydrogen) atoms. The molecule has 1 amide bonds. The van der Waals surface area contributed by atoms with Gasteiger partial charge in [-0.1, -0.05) is 23.7 Å². The fourth-order valence-electron chi connectivity index (χ4n) is 2.41. The van der Waals surface area contributed by atoms with Crippen LogP contribution in [0, 0.1) is 6.92 Å². The first-order valence-electron chi connectivity index (χ1n) is 7.54. The summed E-state index contributed by atoms with van der Waals surface area (Å²) >= 11 is 7.26. The first kappa shape index (κ1) is 17.4. The topological polar surface area (TPSA) is 73.2 Å². The highest BCUT2D eigenvalue weighted by atomic mass is 35.5. The van der Waals surface area contributed by atoms with E-state index in [1.807, 2.05) is 35.9 Å². The standard InChI is InChI=1S/C17H16ClN3O3S/c1-10-13-7-14(16(23)19-8-15(22)24-2)25-17(13)21(20-10)9-11-3-5-12(18)6-4-11/h3-7H,8-9H2,1-2H3,(H,19,23). The zero-order valence-corrected chi connectivity index (χ0v) is 15.3. The molecule has 0 unspecified atom stereocenters. The molecule has 0 aliphatic carbocycles. The number of aromatic nitrogens is 2. The first-order chi connectivity index (χ1) is 12.0. The fourth-order valence-corrected chi connectivity index (χ4v) is 3.61. The lowest BCUT2D eigenvalue weighted by Gasteiger charge is -2.03. The molecule has 1 N–H and O–H groups in total. The summed E-state index contributed by atoms with van der Waals surface area (Å²) in [6.07, 6.45) is 0. The number of thiophene rings is 1. The van der Waals surface area contributed by atoms with Crippen molar-refractivity contribution in [2.75, 3.05) is 13.7 Å². The van der Waals surface area contributed by atoms with Gasteiger partial charge in [0.25, 0.3) is 5.91 Å². The van der Waals surface area contributed by atoms with E-state index in [1.54, 1.807) is 6.07 Å². The van der Waals surface area contributed by atoms with E-state index in [-0.39, 0.29) is 12.5 Å². The number of methoxy groups -OCH3 is 1. The Bertz CT molecular complexity index is 931. The van der Waals surface area contributed by atoms with Gasteiger partial charge in [0.1, 0.15) is 11.4 Å². The Labute approximate surface area is 153 Å². The van der Waals surface area contributed by atoms with Crippen LogP contribution in [0.3, 0.4) is 0 Å². The van der Waals surface area contributed by atoms with Crippen LogP contribution in [0.4, 0.5) is 0 Å². The maximum Gasteiger partial charge on any atom is 0.325 e. The molecule has 0 saturated heterocycles. The lowest BCUT2D eigenvalue weighted by molar-refractivity contribution is -0.139. The van der Waals surface area contributed by atoms with Crippen LogP contribution in [0.1, 0.15) is 20.9 Å². The molecule has 0 atom stereocenters. The van der Waals surface area contributed by atoms with Crippen molar-refractivity contribution in [3.05, 3.63) is 51.5 Å². The number of hydrogen-bond donors (Lipinski definition) is 1. The van der Waals surface area contributed by atoms with Gasteiger partial charge in [-0.2, -0.15) is 5.10 Å². The van der Waals surface area contributed by atoms with Crippen molar-refractivity contribution >= 4 is 45.0 Å². The van der Waals surface area contributed by atoms with Gasteiger partial charge < -0.3 is 10.1 Å². The van der Waals surface area contributed by atoms with Crippen molar-refractivity contribution in [3.8, 4) is 0 Å². The van der Waals surface area contributed by atoms with Gasteiger partial charge in [-0.15, -0.1) is 11.3 Å². The summed E-state index contributed by atoms with van der Waals surface area (Å²) in [6.45, 7) is 2.34. The minimum atomic E-state index is -0.487. The third-order valence-electron chi connectivity index (χ3n) is 3.70. The lowest BCUT2D eigenvalue weighted by atomic mass is 10.2. The second-order valence-electron chi connectivity index (χ2n) is 5.46. The highest BCUT2D eigenvalue weighted by molar-refractivity contribution is 7.20. The fraction of sp³-hybridized carbons (Fsp3) is 0.235. The molecule has 1 aromatic carbocycles. The van der Waals surface area contributed by atoms with E-state index in [0.717, 1.165) is 21.5 Å². The van der Waals surface area contributed by atoms with E-state index in [4.69, 9.17) is 11.6 Å². The van der Waals surface area contributed by atoms with E-state index in [2.05, 4.69) is 15.2 Å². The maximum atomic E-state index is 12.2. The molecule has 6 nitrogen and oxygen atoms in total. The van der Waals surface area contributed by atoms with Gasteiger partial charge in [0.05, 0.1) is 24.2 Å². The van der Waals surface area contributed by atoms with Gasteiger partial charge in [0, 0.05) is 10.4 Å². The van der Waals surface area contributed by atoms with Gasteiger partial charge in [0.2, 0.25) is 0 Å². The Hall–Kier alpha value is -2.38. The Morgan fingerprint density at radius 2 is 2.04 bits per heavy atom. The summed E-state index contributed by atoms with van der Waals surface area (Å²) in [6, 6.07) is 9.37. The number of nitrogens with one attached hydrogen (secondary N) is 1. The Morgan fingerprint density at radius 3 is 2.72 bits per heavy atom. The third-order valence-corrected chi connectivity index (χ3v) is 5.10. The number of halogens is 1. The molecule has 0 aliphatic heterocycles. The molecule has 130 valence electrons. The zero-order chi connectivity index (χ0) is 18.0. The Balaban J connectivity index is 1.84.